The van der Waals surface area contributed by atoms with Gasteiger partial charge in [0.1, 0.15) is 0 Å². The van der Waals surface area contributed by atoms with Crippen molar-refractivity contribution in [3.8, 4) is 5.69 Å². The van der Waals surface area contributed by atoms with E-state index in [2.05, 4.69) is 10.4 Å². The van der Waals surface area contributed by atoms with E-state index < -0.39 is 0 Å². The molecule has 0 saturated carbocycles. The van der Waals surface area contributed by atoms with Crippen molar-refractivity contribution >= 4 is 17.8 Å². The smallest absolute Gasteiger partial charge is 0.323 e. The summed E-state index contributed by atoms with van der Waals surface area (Å²) < 4.78 is 1.83. The maximum atomic E-state index is 12.8. The van der Waals surface area contributed by atoms with Crippen LogP contribution >= 0.6 is 0 Å². The molecular weight excluding hydrogens is 354 g/mol. The number of amides is 3. The lowest BCUT2D eigenvalue weighted by atomic mass is 10.1. The van der Waals surface area contributed by atoms with E-state index in [1.165, 1.54) is 0 Å². The van der Waals surface area contributed by atoms with Crippen LogP contribution in [0, 0.1) is 6.92 Å². The molecular formula is C21H27N5O2. The number of aromatic nitrogens is 2. The van der Waals surface area contributed by atoms with Gasteiger partial charge < -0.3 is 9.80 Å². The Bertz CT molecular complexity index is 848. The molecule has 1 aromatic heterocycles. The topological polar surface area (TPSA) is 70.5 Å². The Kier molecular flexibility index (Phi) is 5.32. The van der Waals surface area contributed by atoms with Crippen molar-refractivity contribution in [2.75, 3.05) is 25.0 Å². The van der Waals surface area contributed by atoms with E-state index in [1.54, 1.807) is 0 Å². The summed E-state index contributed by atoms with van der Waals surface area (Å²) in [5.74, 6) is 0.826. The molecule has 2 fully saturated rings. The first-order chi connectivity index (χ1) is 13.6. The third kappa shape index (κ3) is 3.88. The molecule has 1 atom stereocenters. The predicted molar refractivity (Wildman–Crippen MR) is 107 cm³/mol. The summed E-state index contributed by atoms with van der Waals surface area (Å²) >= 11 is 0. The number of nitrogens with zero attached hydrogens (tertiary/aromatic N) is 4. The van der Waals surface area contributed by atoms with Gasteiger partial charge in [-0.05, 0) is 44.7 Å². The highest BCUT2D eigenvalue weighted by Gasteiger charge is 2.30. The van der Waals surface area contributed by atoms with E-state index in [-0.39, 0.29) is 18.0 Å². The summed E-state index contributed by atoms with van der Waals surface area (Å²) in [6.45, 7) is 4.21. The molecule has 0 spiro atoms. The molecule has 2 aliphatic heterocycles. The number of hydrogen-bond acceptors (Lipinski definition) is 3. The van der Waals surface area contributed by atoms with Gasteiger partial charge in [0.2, 0.25) is 5.91 Å². The summed E-state index contributed by atoms with van der Waals surface area (Å²) in [6, 6.07) is 11.9. The van der Waals surface area contributed by atoms with Crippen LogP contribution in [0.1, 0.15) is 37.8 Å². The highest BCUT2D eigenvalue weighted by molar-refractivity contribution is 5.88. The quantitative estimate of drug-likeness (QED) is 0.888. The number of carbonyl (C=O) groups is 2. The van der Waals surface area contributed by atoms with Gasteiger partial charge in [0.15, 0.2) is 5.82 Å². The highest BCUT2D eigenvalue weighted by Crippen LogP contribution is 2.23. The van der Waals surface area contributed by atoms with Gasteiger partial charge in [0.25, 0.3) is 0 Å². The fourth-order valence-electron chi connectivity index (χ4n) is 4.20. The van der Waals surface area contributed by atoms with Gasteiger partial charge in [-0.1, -0.05) is 18.2 Å². The van der Waals surface area contributed by atoms with E-state index in [0.29, 0.717) is 25.3 Å². The van der Waals surface area contributed by atoms with Gasteiger partial charge >= 0.3 is 6.03 Å². The lowest BCUT2D eigenvalue weighted by Crippen LogP contribution is -2.39. The molecule has 7 heteroatoms. The van der Waals surface area contributed by atoms with Crippen LogP contribution in [0.25, 0.3) is 5.69 Å². The number of hydrogen-bond donors (Lipinski definition) is 1. The summed E-state index contributed by atoms with van der Waals surface area (Å²) in [5.41, 5.74) is 1.93. The molecule has 2 saturated heterocycles. The average molecular weight is 381 g/mol. The number of benzene rings is 1. The molecule has 7 nitrogen and oxygen atoms in total. The molecule has 148 valence electrons. The van der Waals surface area contributed by atoms with Crippen LogP contribution in [-0.4, -0.2) is 57.2 Å². The molecule has 2 aliphatic rings. The van der Waals surface area contributed by atoms with E-state index in [9.17, 15) is 9.59 Å². The first-order valence-corrected chi connectivity index (χ1v) is 10.1. The minimum atomic E-state index is -0.119. The maximum Gasteiger partial charge on any atom is 0.323 e. The molecule has 4 rings (SSSR count). The van der Waals surface area contributed by atoms with Crippen molar-refractivity contribution in [3.63, 3.8) is 0 Å². The molecule has 28 heavy (non-hydrogen) atoms. The van der Waals surface area contributed by atoms with Crippen molar-refractivity contribution in [2.24, 2.45) is 0 Å². The van der Waals surface area contributed by atoms with Gasteiger partial charge in [-0.2, -0.15) is 0 Å². The number of urea groups is 1. The summed E-state index contributed by atoms with van der Waals surface area (Å²) in [4.78, 5) is 28.6. The standard InChI is InChI=1S/C21H27N5O2/c1-16-15-19(23-26(16)18-7-3-2-4-8-18)22-21(28)24-12-5-9-17(11-14-24)25-13-6-10-20(25)27/h2-4,7-8,15,17H,5-6,9-14H2,1H3,(H,22,23,28). The van der Waals surface area contributed by atoms with Gasteiger partial charge in [0.05, 0.1) is 5.69 Å². The van der Waals surface area contributed by atoms with Gasteiger partial charge in [-0.15, -0.1) is 5.10 Å². The van der Waals surface area contributed by atoms with Crippen LogP contribution in [0.3, 0.4) is 0 Å². The molecule has 1 unspecified atom stereocenters. The minimum absolute atomic E-state index is 0.119. The minimum Gasteiger partial charge on any atom is -0.340 e. The van der Waals surface area contributed by atoms with Crippen LogP contribution < -0.4 is 5.32 Å². The summed E-state index contributed by atoms with van der Waals surface area (Å²) in [6.07, 6.45) is 4.36. The Morgan fingerprint density at radius 2 is 1.93 bits per heavy atom. The zero-order valence-electron chi connectivity index (χ0n) is 16.3. The molecule has 3 heterocycles. The average Bonchev–Trinajstić information content (AvgIpc) is 3.19. The largest absolute Gasteiger partial charge is 0.340 e. The Morgan fingerprint density at radius 3 is 2.68 bits per heavy atom. The number of aryl methyl sites for hydroxylation is 1. The monoisotopic (exact) mass is 381 g/mol. The van der Waals surface area contributed by atoms with E-state index in [1.807, 2.05) is 57.8 Å². The lowest BCUT2D eigenvalue weighted by Gasteiger charge is -2.26. The Morgan fingerprint density at radius 1 is 1.11 bits per heavy atom. The fraction of sp³-hybridized carbons (Fsp3) is 0.476. The second-order valence-corrected chi connectivity index (χ2v) is 7.61. The fourth-order valence-corrected chi connectivity index (χ4v) is 4.20. The van der Waals surface area contributed by atoms with Crippen LogP contribution in [0.15, 0.2) is 36.4 Å². The lowest BCUT2D eigenvalue weighted by molar-refractivity contribution is -0.129. The molecule has 1 aromatic carbocycles. The van der Waals surface area contributed by atoms with Crippen LogP contribution in [0.5, 0.6) is 0 Å². The number of nitrogens with one attached hydrogen (secondary N) is 1. The van der Waals surface area contributed by atoms with Gasteiger partial charge in [-0.25, -0.2) is 9.48 Å². The van der Waals surface area contributed by atoms with Gasteiger partial charge in [-0.3, -0.25) is 10.1 Å². The van der Waals surface area contributed by atoms with E-state index in [0.717, 1.165) is 43.6 Å². The van der Waals surface area contributed by atoms with E-state index in [4.69, 9.17) is 0 Å². The van der Waals surface area contributed by atoms with Crippen molar-refractivity contribution < 1.29 is 9.59 Å². The molecule has 0 bridgehead atoms. The van der Waals surface area contributed by atoms with Crippen LogP contribution in [0.4, 0.5) is 10.6 Å². The van der Waals surface area contributed by atoms with Crippen LogP contribution in [0.2, 0.25) is 0 Å². The third-order valence-corrected chi connectivity index (χ3v) is 5.66. The Balaban J connectivity index is 1.38. The second-order valence-electron chi connectivity index (χ2n) is 7.61. The van der Waals surface area contributed by atoms with Crippen LogP contribution in [-0.2, 0) is 4.79 Å². The molecule has 3 amide bonds. The Labute approximate surface area is 165 Å². The normalized spacial score (nSPS) is 20.3. The SMILES string of the molecule is Cc1cc(NC(=O)N2CCCC(N3CCCC3=O)CC2)nn1-c1ccccc1. The first kappa shape index (κ1) is 18.5. The molecule has 0 aliphatic carbocycles. The van der Waals surface area contributed by atoms with E-state index >= 15 is 0 Å². The number of para-hydroxylation sites is 1. The third-order valence-electron chi connectivity index (χ3n) is 5.66. The highest BCUT2D eigenvalue weighted by atomic mass is 16.2. The molecule has 0 radical (unpaired) electrons. The van der Waals surface area contributed by atoms with Crippen molar-refractivity contribution in [2.45, 2.75) is 45.1 Å². The molecule has 2 aromatic rings. The predicted octanol–water partition coefficient (Wildman–Crippen LogP) is 3.19. The Hall–Kier alpha value is -2.83. The number of carbonyl (C=O) groups excluding carboxylic acids is 2. The zero-order valence-corrected chi connectivity index (χ0v) is 16.3. The first-order valence-electron chi connectivity index (χ1n) is 10.1. The number of rotatable bonds is 3. The summed E-state index contributed by atoms with van der Waals surface area (Å²) in [5, 5.41) is 7.47. The maximum absolute atomic E-state index is 12.8. The number of anilines is 1. The van der Waals surface area contributed by atoms with Crippen molar-refractivity contribution in [1.29, 1.82) is 0 Å². The van der Waals surface area contributed by atoms with Crippen molar-refractivity contribution in [3.05, 3.63) is 42.1 Å². The van der Waals surface area contributed by atoms with Crippen molar-refractivity contribution in [1.82, 2.24) is 19.6 Å². The second kappa shape index (κ2) is 8.04. The van der Waals surface area contributed by atoms with Gasteiger partial charge in [0, 0.05) is 43.9 Å². The zero-order chi connectivity index (χ0) is 19.5. The number of likely N-dealkylation sites (tertiary alicyclic amines) is 2. The molecule has 1 N–H and O–H groups in total. The summed E-state index contributed by atoms with van der Waals surface area (Å²) in [7, 11) is 0.